The van der Waals surface area contributed by atoms with Crippen LogP contribution in [0.1, 0.15) is 56.1 Å². The van der Waals surface area contributed by atoms with E-state index in [0.717, 1.165) is 12.8 Å². The number of hydrogen-bond donors (Lipinski definition) is 6. The van der Waals surface area contributed by atoms with E-state index in [4.69, 9.17) is 0 Å². The minimum absolute atomic E-state index is 0.0860. The Morgan fingerprint density at radius 1 is 1.00 bits per heavy atom. The zero-order chi connectivity index (χ0) is 20.6. The molecule has 0 saturated heterocycles. The van der Waals surface area contributed by atoms with Gasteiger partial charge in [-0.25, -0.2) is 0 Å². The molecule has 2 fully saturated rings. The number of aliphatic hydroxyl groups excluding tert-OH is 1. The van der Waals surface area contributed by atoms with Crippen LogP contribution in [0.25, 0.3) is 0 Å². The fourth-order valence-electron chi connectivity index (χ4n) is 6.26. The van der Waals surface area contributed by atoms with Gasteiger partial charge < -0.3 is 29.8 Å². The highest BCUT2D eigenvalue weighted by Crippen LogP contribution is 2.61. The van der Waals surface area contributed by atoms with Crippen molar-refractivity contribution in [1.82, 2.24) is 0 Å². The molecule has 28 heavy (non-hydrogen) atoms. The van der Waals surface area contributed by atoms with E-state index in [1.54, 1.807) is 0 Å². The summed E-state index contributed by atoms with van der Waals surface area (Å²) in [5.74, 6) is -0.726. The third kappa shape index (κ3) is 2.93. The van der Waals surface area contributed by atoms with Gasteiger partial charge in [-0.2, -0.15) is 0 Å². The summed E-state index contributed by atoms with van der Waals surface area (Å²) in [5, 5.41) is 19.0. The van der Waals surface area contributed by atoms with Crippen molar-refractivity contribution in [2.24, 2.45) is 17.3 Å². The van der Waals surface area contributed by atoms with Crippen LogP contribution in [0.2, 0.25) is 0 Å². The number of aryl methyl sites for hydroxylation is 1. The fraction of sp³-hybridized carbons (Fsp3) is 0.667. The molecule has 1 aromatic rings. The molecule has 0 unspecified atom stereocenters. The highest BCUT2D eigenvalue weighted by molar-refractivity contribution is 7.67. The van der Waals surface area contributed by atoms with E-state index in [9.17, 15) is 38.9 Å². The van der Waals surface area contributed by atoms with Crippen molar-refractivity contribution in [1.29, 1.82) is 0 Å². The molecule has 8 nitrogen and oxygen atoms in total. The van der Waals surface area contributed by atoms with Crippen molar-refractivity contribution in [3.63, 3.8) is 0 Å². The summed E-state index contributed by atoms with van der Waals surface area (Å²) >= 11 is 0. The van der Waals surface area contributed by atoms with Gasteiger partial charge in [0.15, 0.2) is 0 Å². The smallest absolute Gasteiger partial charge is 0.360 e. The average molecular weight is 432 g/mol. The maximum absolute atomic E-state index is 12.3. The molecule has 1 aromatic carbocycles. The Morgan fingerprint density at radius 2 is 1.64 bits per heavy atom. The first kappa shape index (κ1) is 20.5. The quantitative estimate of drug-likeness (QED) is 0.381. The Balaban J connectivity index is 1.93. The Bertz CT molecular complexity index is 919. The van der Waals surface area contributed by atoms with E-state index in [1.165, 1.54) is 6.07 Å². The first-order valence-electron chi connectivity index (χ1n) is 9.54. The number of rotatable bonds is 2. The van der Waals surface area contributed by atoms with Gasteiger partial charge in [0.05, 0.1) is 11.4 Å². The highest BCUT2D eigenvalue weighted by Gasteiger charge is 2.55. The standard InChI is InChI=1S/C18H26O8P2/c1-18-7-6-11-10(12(18)4-5-14(18)20)3-2-9-8-13(19)16(27(21,22)23)17(15(9)11)28(24,25)26/h8,10-12,14,19-20H,2-7H2,1H3,(H2,21,22,23)(H2,24,25,26)/t10-,11-,12-,14-,18-/m0/s1. The summed E-state index contributed by atoms with van der Waals surface area (Å²) < 4.78 is 24.3. The van der Waals surface area contributed by atoms with Crippen LogP contribution in [-0.4, -0.2) is 35.9 Å². The normalized spacial score (nSPS) is 35.2. The predicted molar refractivity (Wildman–Crippen MR) is 102 cm³/mol. The molecule has 4 rings (SSSR count). The van der Waals surface area contributed by atoms with Gasteiger partial charge >= 0.3 is 15.2 Å². The zero-order valence-corrected chi connectivity index (χ0v) is 17.3. The first-order valence-corrected chi connectivity index (χ1v) is 12.8. The summed E-state index contributed by atoms with van der Waals surface area (Å²) in [5.41, 5.74) is 0.629. The summed E-state index contributed by atoms with van der Waals surface area (Å²) in [6, 6.07) is 1.26. The second-order valence-electron chi connectivity index (χ2n) is 8.81. The van der Waals surface area contributed by atoms with Gasteiger partial charge in [-0.05, 0) is 78.9 Å². The van der Waals surface area contributed by atoms with Crippen molar-refractivity contribution in [2.75, 3.05) is 0 Å². The molecule has 10 heteroatoms. The first-order chi connectivity index (χ1) is 12.9. The number of phenols is 1. The summed E-state index contributed by atoms with van der Waals surface area (Å²) in [6.07, 6.45) is 3.65. The largest absolute Gasteiger partial charge is 0.507 e. The zero-order valence-electron chi connectivity index (χ0n) is 15.5. The van der Waals surface area contributed by atoms with Crippen LogP contribution in [0.15, 0.2) is 6.07 Å². The lowest BCUT2D eigenvalue weighted by molar-refractivity contribution is -0.0224. The van der Waals surface area contributed by atoms with Crippen LogP contribution in [0.4, 0.5) is 0 Å². The minimum Gasteiger partial charge on any atom is -0.507 e. The molecule has 0 aliphatic heterocycles. The van der Waals surface area contributed by atoms with E-state index in [1.807, 2.05) is 0 Å². The van der Waals surface area contributed by atoms with Crippen molar-refractivity contribution >= 4 is 25.8 Å². The second-order valence-corrected chi connectivity index (χ2v) is 11.9. The molecule has 0 aromatic heterocycles. The third-order valence-electron chi connectivity index (χ3n) is 7.47. The van der Waals surface area contributed by atoms with Crippen molar-refractivity contribution in [2.45, 2.75) is 57.5 Å². The molecule has 0 bridgehead atoms. The molecular formula is C18H26O8P2. The van der Waals surface area contributed by atoms with Crippen LogP contribution < -0.4 is 10.6 Å². The van der Waals surface area contributed by atoms with Gasteiger partial charge in [-0.1, -0.05) is 6.92 Å². The Labute approximate surface area is 162 Å². The van der Waals surface area contributed by atoms with Gasteiger partial charge in [-0.3, -0.25) is 9.13 Å². The fourth-order valence-corrected chi connectivity index (χ4v) is 8.81. The molecule has 3 aliphatic carbocycles. The molecule has 3 aliphatic rings. The van der Waals surface area contributed by atoms with Crippen molar-refractivity contribution in [3.05, 3.63) is 17.2 Å². The van der Waals surface area contributed by atoms with Crippen molar-refractivity contribution in [3.8, 4) is 5.75 Å². The SMILES string of the molecule is C[C@]12CC[C@@H]3c4c(cc(O)c(P(=O)(O)O)c4P(=O)(O)O)CC[C@@H]3[C@@H]1CC[C@@H]2O. The molecule has 0 amide bonds. The number of aliphatic hydroxyl groups is 1. The van der Waals surface area contributed by atoms with Gasteiger partial charge in [0.25, 0.3) is 0 Å². The van der Waals surface area contributed by atoms with E-state index in [-0.39, 0.29) is 23.2 Å². The summed E-state index contributed by atoms with van der Waals surface area (Å²) in [6.45, 7) is 2.07. The van der Waals surface area contributed by atoms with E-state index in [2.05, 4.69) is 6.92 Å². The average Bonchev–Trinajstić information content (AvgIpc) is 2.86. The maximum Gasteiger partial charge on any atom is 0.360 e. The number of aromatic hydroxyl groups is 1. The van der Waals surface area contributed by atoms with E-state index in [0.29, 0.717) is 36.8 Å². The molecule has 6 N–H and O–H groups in total. The van der Waals surface area contributed by atoms with Crippen LogP contribution in [0.5, 0.6) is 5.75 Å². The van der Waals surface area contributed by atoms with Crippen LogP contribution in [-0.2, 0) is 15.6 Å². The predicted octanol–water partition coefficient (Wildman–Crippen LogP) is 1.22. The molecule has 0 spiro atoms. The van der Waals surface area contributed by atoms with E-state index >= 15 is 0 Å². The lowest BCUT2D eigenvalue weighted by Gasteiger charge is -2.50. The maximum atomic E-state index is 12.3. The monoisotopic (exact) mass is 432 g/mol. The minimum atomic E-state index is -5.11. The van der Waals surface area contributed by atoms with E-state index < -0.39 is 37.7 Å². The Morgan fingerprint density at radius 3 is 2.25 bits per heavy atom. The van der Waals surface area contributed by atoms with Crippen LogP contribution in [0, 0.1) is 17.3 Å². The van der Waals surface area contributed by atoms with Gasteiger partial charge in [0.1, 0.15) is 11.1 Å². The molecule has 0 radical (unpaired) electrons. The Kier molecular flexibility index (Phi) is 4.69. The van der Waals surface area contributed by atoms with Gasteiger partial charge in [0.2, 0.25) is 0 Å². The Hall–Kier alpha value is -0.720. The van der Waals surface area contributed by atoms with Crippen molar-refractivity contribution < 1.29 is 38.9 Å². The van der Waals surface area contributed by atoms with Crippen LogP contribution in [0.3, 0.4) is 0 Å². The number of phenolic OH excluding ortho intramolecular Hbond substituents is 1. The summed E-state index contributed by atoms with van der Waals surface area (Å²) in [4.78, 5) is 39.4. The molecular weight excluding hydrogens is 406 g/mol. The number of hydrogen-bond acceptors (Lipinski definition) is 4. The molecule has 156 valence electrons. The molecule has 5 atom stereocenters. The lowest BCUT2D eigenvalue weighted by atomic mass is 9.55. The lowest BCUT2D eigenvalue weighted by Crippen LogP contribution is -2.46. The summed E-state index contributed by atoms with van der Waals surface area (Å²) in [7, 11) is -10.2. The second kappa shape index (κ2) is 6.39. The van der Waals surface area contributed by atoms with Gasteiger partial charge in [-0.15, -0.1) is 0 Å². The topological polar surface area (TPSA) is 156 Å². The highest BCUT2D eigenvalue weighted by atomic mass is 31.2. The molecule has 2 saturated carbocycles. The van der Waals surface area contributed by atoms with Gasteiger partial charge in [0, 0.05) is 0 Å². The third-order valence-corrected chi connectivity index (χ3v) is 9.73. The molecule has 0 heterocycles. The number of benzene rings is 1. The van der Waals surface area contributed by atoms with Crippen LogP contribution >= 0.6 is 15.2 Å². The number of fused-ring (bicyclic) bond motifs is 5.